The topological polar surface area (TPSA) is 75.7 Å². The Balaban J connectivity index is 1.74. The molecule has 0 aliphatic carbocycles. The molecule has 3 aromatic carbocycles. The van der Waals surface area contributed by atoms with E-state index in [-0.39, 0.29) is 24.6 Å². The minimum absolute atomic E-state index is 0.131. The van der Waals surface area contributed by atoms with E-state index in [1.165, 1.54) is 0 Å². The third-order valence-corrected chi connectivity index (χ3v) is 7.76. The second-order valence-corrected chi connectivity index (χ2v) is 10.4. The first kappa shape index (κ1) is 25.6. The molecule has 6 nitrogen and oxygen atoms in total. The zero-order valence-corrected chi connectivity index (χ0v) is 21.3. The van der Waals surface area contributed by atoms with Crippen LogP contribution in [0.25, 0.3) is 0 Å². The summed E-state index contributed by atoms with van der Waals surface area (Å²) in [6.07, 6.45) is 0. The highest BCUT2D eigenvalue weighted by Crippen LogP contribution is 2.28. The molecule has 3 rings (SSSR count). The van der Waals surface area contributed by atoms with Gasteiger partial charge >= 0.3 is 0 Å². The molecular formula is C26H29ClN2O4S. The van der Waals surface area contributed by atoms with E-state index >= 15 is 0 Å². The first-order valence-electron chi connectivity index (χ1n) is 10.9. The van der Waals surface area contributed by atoms with E-state index in [0.29, 0.717) is 16.5 Å². The fourth-order valence-electron chi connectivity index (χ4n) is 3.35. The maximum absolute atomic E-state index is 13.5. The first-order chi connectivity index (χ1) is 16.1. The molecule has 3 aromatic rings. The predicted octanol–water partition coefficient (Wildman–Crippen LogP) is 4.96. The van der Waals surface area contributed by atoms with Crippen molar-refractivity contribution < 1.29 is 17.9 Å². The molecule has 34 heavy (non-hydrogen) atoms. The van der Waals surface area contributed by atoms with E-state index in [0.717, 1.165) is 26.6 Å². The molecule has 1 N–H and O–H groups in total. The normalized spacial score (nSPS) is 11.2. The van der Waals surface area contributed by atoms with Crippen LogP contribution in [0.15, 0.2) is 65.6 Å². The summed E-state index contributed by atoms with van der Waals surface area (Å²) in [5.41, 5.74) is 4.10. The van der Waals surface area contributed by atoms with Crippen molar-refractivity contribution in [2.24, 2.45) is 0 Å². The third kappa shape index (κ3) is 6.10. The number of anilines is 1. The van der Waals surface area contributed by atoms with Gasteiger partial charge in [-0.15, -0.1) is 0 Å². The van der Waals surface area contributed by atoms with E-state index < -0.39 is 15.9 Å². The summed E-state index contributed by atoms with van der Waals surface area (Å²) < 4.78 is 33.8. The number of hydrogen-bond donors (Lipinski definition) is 1. The Morgan fingerprint density at radius 1 is 0.971 bits per heavy atom. The average Bonchev–Trinajstić information content (AvgIpc) is 2.80. The number of nitrogens with zero attached hydrogens (tertiary/aromatic N) is 1. The van der Waals surface area contributed by atoms with E-state index in [9.17, 15) is 13.2 Å². The summed E-state index contributed by atoms with van der Waals surface area (Å²) in [6.45, 7) is 7.63. The van der Waals surface area contributed by atoms with Gasteiger partial charge in [0.05, 0.1) is 17.1 Å². The lowest BCUT2D eigenvalue weighted by Crippen LogP contribution is -2.42. The number of hydrogen-bond acceptors (Lipinski definition) is 4. The van der Waals surface area contributed by atoms with Crippen LogP contribution < -0.4 is 14.4 Å². The smallest absolute Gasteiger partial charge is 0.264 e. The quantitative estimate of drug-likeness (QED) is 0.421. The molecule has 0 saturated carbocycles. The zero-order chi connectivity index (χ0) is 24.9. The van der Waals surface area contributed by atoms with Crippen molar-refractivity contribution in [2.45, 2.75) is 32.6 Å². The van der Waals surface area contributed by atoms with Crippen molar-refractivity contribution in [3.63, 3.8) is 0 Å². The summed E-state index contributed by atoms with van der Waals surface area (Å²) in [7, 11) is -3.96. The Labute approximate surface area is 206 Å². The van der Waals surface area contributed by atoms with Crippen molar-refractivity contribution in [3.8, 4) is 5.75 Å². The van der Waals surface area contributed by atoms with Crippen molar-refractivity contribution in [3.05, 3.63) is 87.9 Å². The maximum atomic E-state index is 13.5. The summed E-state index contributed by atoms with van der Waals surface area (Å²) in [6, 6.07) is 17.4. The van der Waals surface area contributed by atoms with Crippen molar-refractivity contribution >= 4 is 33.2 Å². The number of aryl methyl sites for hydroxylation is 3. The fraction of sp³-hybridized carbons (Fsp3) is 0.269. The van der Waals surface area contributed by atoms with Crippen molar-refractivity contribution in [1.29, 1.82) is 0 Å². The van der Waals surface area contributed by atoms with Gasteiger partial charge in [-0.25, -0.2) is 8.42 Å². The van der Waals surface area contributed by atoms with Crippen LogP contribution >= 0.6 is 11.6 Å². The number of amides is 1. The number of carbonyl (C=O) groups excluding carboxylic acids is 1. The van der Waals surface area contributed by atoms with Gasteiger partial charge in [-0.1, -0.05) is 47.5 Å². The third-order valence-electron chi connectivity index (χ3n) is 5.58. The van der Waals surface area contributed by atoms with E-state index in [1.54, 1.807) is 48.5 Å². The molecule has 0 unspecified atom stereocenters. The van der Waals surface area contributed by atoms with Gasteiger partial charge < -0.3 is 10.1 Å². The van der Waals surface area contributed by atoms with Gasteiger partial charge in [0.2, 0.25) is 5.91 Å². The monoisotopic (exact) mass is 500 g/mol. The molecule has 0 heterocycles. The maximum Gasteiger partial charge on any atom is 0.264 e. The Morgan fingerprint density at radius 2 is 1.68 bits per heavy atom. The molecule has 0 aliphatic rings. The Kier molecular flexibility index (Phi) is 8.23. The number of benzene rings is 3. The molecule has 0 saturated heterocycles. The summed E-state index contributed by atoms with van der Waals surface area (Å²) in [4.78, 5) is 12.9. The molecule has 8 heteroatoms. The molecule has 0 atom stereocenters. The summed E-state index contributed by atoms with van der Waals surface area (Å²) in [5, 5.41) is 3.35. The van der Waals surface area contributed by atoms with Crippen LogP contribution in [0.5, 0.6) is 5.75 Å². The van der Waals surface area contributed by atoms with Crippen LogP contribution in [0.4, 0.5) is 5.69 Å². The average molecular weight is 501 g/mol. The van der Waals surface area contributed by atoms with Crippen LogP contribution in [-0.4, -0.2) is 34.0 Å². The van der Waals surface area contributed by atoms with Crippen LogP contribution in [0.1, 0.15) is 22.3 Å². The lowest BCUT2D eigenvalue weighted by molar-refractivity contribution is -0.119. The second-order valence-electron chi connectivity index (χ2n) is 8.15. The van der Waals surface area contributed by atoms with Crippen molar-refractivity contribution in [2.75, 3.05) is 24.0 Å². The molecule has 0 aromatic heterocycles. The van der Waals surface area contributed by atoms with E-state index in [1.807, 2.05) is 39.8 Å². The van der Waals surface area contributed by atoms with Gasteiger partial charge in [-0.3, -0.25) is 9.10 Å². The Morgan fingerprint density at radius 3 is 2.35 bits per heavy atom. The van der Waals surface area contributed by atoms with E-state index in [2.05, 4.69) is 5.32 Å². The summed E-state index contributed by atoms with van der Waals surface area (Å²) in [5.74, 6) is 0.172. The van der Waals surface area contributed by atoms with Gasteiger partial charge in [0.15, 0.2) is 0 Å². The fourth-order valence-corrected chi connectivity index (χ4v) is 5.00. The number of nitrogens with one attached hydrogen (secondary N) is 1. The highest BCUT2D eigenvalue weighted by atomic mass is 35.5. The zero-order valence-electron chi connectivity index (χ0n) is 19.8. The highest BCUT2D eigenvalue weighted by Gasteiger charge is 2.28. The second kappa shape index (κ2) is 10.9. The minimum Gasteiger partial charge on any atom is -0.492 e. The number of halogens is 1. The van der Waals surface area contributed by atoms with E-state index in [4.69, 9.17) is 16.3 Å². The van der Waals surface area contributed by atoms with Crippen LogP contribution in [-0.2, 0) is 14.8 Å². The number of ether oxygens (including phenoxy) is 1. The predicted molar refractivity (Wildman–Crippen MR) is 136 cm³/mol. The summed E-state index contributed by atoms with van der Waals surface area (Å²) >= 11 is 6.11. The molecule has 0 bridgehead atoms. The standard InChI is InChI=1S/C26H29ClN2O4S/c1-18-8-12-23(13-9-18)34(31,32)29(25-7-5-6-19(2)21(25)4)17-26(30)28-14-15-33-22-11-10-20(3)24(27)16-22/h5-13,16H,14-15,17H2,1-4H3,(H,28,30). The molecule has 0 radical (unpaired) electrons. The number of rotatable bonds is 9. The lowest BCUT2D eigenvalue weighted by atomic mass is 10.1. The molecule has 180 valence electrons. The molecule has 0 aliphatic heterocycles. The van der Waals surface area contributed by atoms with Gasteiger partial charge in [-0.2, -0.15) is 0 Å². The van der Waals surface area contributed by atoms with Gasteiger partial charge in [-0.05, 0) is 74.7 Å². The molecule has 0 fully saturated rings. The van der Waals surface area contributed by atoms with Gasteiger partial charge in [0.1, 0.15) is 18.9 Å². The Hall–Kier alpha value is -3.03. The molecule has 1 amide bonds. The molecular weight excluding hydrogens is 472 g/mol. The highest BCUT2D eigenvalue weighted by molar-refractivity contribution is 7.92. The first-order valence-corrected chi connectivity index (χ1v) is 12.7. The van der Waals surface area contributed by atoms with Gasteiger partial charge in [0, 0.05) is 5.02 Å². The number of sulfonamides is 1. The van der Waals surface area contributed by atoms with Crippen molar-refractivity contribution in [1.82, 2.24) is 5.32 Å². The largest absolute Gasteiger partial charge is 0.492 e. The van der Waals surface area contributed by atoms with Crippen LogP contribution in [0.2, 0.25) is 5.02 Å². The molecule has 0 spiro atoms. The number of carbonyl (C=O) groups is 1. The van der Waals surface area contributed by atoms with Crippen LogP contribution in [0, 0.1) is 27.7 Å². The van der Waals surface area contributed by atoms with Gasteiger partial charge in [0.25, 0.3) is 10.0 Å². The Bertz CT molecular complexity index is 1270. The SMILES string of the molecule is Cc1ccc(S(=O)(=O)N(CC(=O)NCCOc2ccc(C)c(Cl)c2)c2cccc(C)c2C)cc1. The van der Waals surface area contributed by atoms with Crippen LogP contribution in [0.3, 0.4) is 0 Å². The lowest BCUT2D eigenvalue weighted by Gasteiger charge is -2.26. The minimum atomic E-state index is -3.96.